The highest BCUT2D eigenvalue weighted by Crippen LogP contribution is 2.17. The zero-order valence-electron chi connectivity index (χ0n) is 14.0. The van der Waals surface area contributed by atoms with E-state index in [4.69, 9.17) is 10.5 Å². The highest BCUT2D eigenvalue weighted by Gasteiger charge is 2.22. The highest BCUT2D eigenvalue weighted by atomic mass is 35.5. The molecule has 6 nitrogen and oxygen atoms in total. The summed E-state index contributed by atoms with van der Waals surface area (Å²) >= 11 is 0. The van der Waals surface area contributed by atoms with Crippen molar-refractivity contribution in [3.63, 3.8) is 0 Å². The molecule has 1 aromatic carbocycles. The number of nitrogens with zero attached hydrogens (tertiary/aromatic N) is 1. The molecular formula is C17H26ClN3O3. The average molecular weight is 356 g/mol. The molecule has 7 heteroatoms. The molecule has 0 radical (unpaired) electrons. The van der Waals surface area contributed by atoms with Crippen LogP contribution in [0.15, 0.2) is 24.3 Å². The summed E-state index contributed by atoms with van der Waals surface area (Å²) in [5.41, 5.74) is 5.63. The number of rotatable bonds is 7. The number of hydrogen-bond donors (Lipinski definition) is 2. The van der Waals surface area contributed by atoms with Gasteiger partial charge in [-0.1, -0.05) is 6.07 Å². The predicted octanol–water partition coefficient (Wildman–Crippen LogP) is 1.43. The van der Waals surface area contributed by atoms with Crippen LogP contribution >= 0.6 is 12.4 Å². The molecule has 2 amide bonds. The Morgan fingerprint density at radius 1 is 1.33 bits per heavy atom. The van der Waals surface area contributed by atoms with Crippen LogP contribution in [0.1, 0.15) is 29.6 Å². The second-order valence-electron chi connectivity index (χ2n) is 5.87. The molecule has 0 aliphatic carbocycles. The van der Waals surface area contributed by atoms with E-state index in [9.17, 15) is 9.59 Å². The normalized spacial score (nSPS) is 14.8. The lowest BCUT2D eigenvalue weighted by molar-refractivity contribution is -0.133. The number of piperidine rings is 1. The first kappa shape index (κ1) is 20.3. The molecule has 1 aliphatic heterocycles. The first-order chi connectivity index (χ1) is 11.1. The van der Waals surface area contributed by atoms with E-state index in [1.54, 1.807) is 24.3 Å². The fraction of sp³-hybridized carbons (Fsp3) is 0.529. The molecule has 134 valence electrons. The molecule has 1 aliphatic rings. The second kappa shape index (κ2) is 10.2. The lowest BCUT2D eigenvalue weighted by Crippen LogP contribution is -2.40. The Balaban J connectivity index is 0.00000288. The van der Waals surface area contributed by atoms with Crippen LogP contribution in [0, 0.1) is 5.92 Å². The van der Waals surface area contributed by atoms with Gasteiger partial charge in [-0.05, 0) is 50.6 Å². The van der Waals surface area contributed by atoms with Crippen molar-refractivity contribution in [3.05, 3.63) is 29.8 Å². The Hall–Kier alpha value is -1.79. The molecule has 24 heavy (non-hydrogen) atoms. The standard InChI is InChI=1S/C17H25N3O3.ClH/c1-19-12-13-5-8-20(9-6-13)16(21)7-10-23-15-4-2-3-14(11-15)17(18)22;/h2-4,11,13,19H,5-10,12H2,1H3,(H2,18,22);1H. The molecule has 0 bridgehead atoms. The fourth-order valence-corrected chi connectivity index (χ4v) is 2.83. The van der Waals surface area contributed by atoms with Gasteiger partial charge in [0.25, 0.3) is 0 Å². The van der Waals surface area contributed by atoms with Crippen LogP contribution in [0.25, 0.3) is 0 Å². The van der Waals surface area contributed by atoms with Crippen molar-refractivity contribution in [1.82, 2.24) is 10.2 Å². The third-order valence-corrected chi connectivity index (χ3v) is 4.16. The Kier molecular flexibility index (Phi) is 8.57. The van der Waals surface area contributed by atoms with Gasteiger partial charge in [-0.15, -0.1) is 12.4 Å². The molecule has 1 heterocycles. The van der Waals surface area contributed by atoms with Crippen molar-refractivity contribution in [2.24, 2.45) is 11.7 Å². The maximum Gasteiger partial charge on any atom is 0.248 e. The summed E-state index contributed by atoms with van der Waals surface area (Å²) in [6.45, 7) is 2.96. The molecule has 0 saturated carbocycles. The summed E-state index contributed by atoms with van der Waals surface area (Å²) in [5, 5.41) is 3.19. The van der Waals surface area contributed by atoms with Crippen molar-refractivity contribution in [2.75, 3.05) is 33.3 Å². The maximum absolute atomic E-state index is 12.2. The van der Waals surface area contributed by atoms with Gasteiger partial charge in [0, 0.05) is 18.7 Å². The van der Waals surface area contributed by atoms with Gasteiger partial charge < -0.3 is 20.7 Å². The Labute approximate surface area is 149 Å². The van der Waals surface area contributed by atoms with Crippen molar-refractivity contribution in [3.8, 4) is 5.75 Å². The summed E-state index contributed by atoms with van der Waals surface area (Å²) in [7, 11) is 1.96. The van der Waals surface area contributed by atoms with Gasteiger partial charge in [-0.25, -0.2) is 0 Å². The van der Waals surface area contributed by atoms with Crippen LogP contribution in [0.5, 0.6) is 5.75 Å². The van der Waals surface area contributed by atoms with E-state index < -0.39 is 5.91 Å². The van der Waals surface area contributed by atoms with E-state index in [1.807, 2.05) is 11.9 Å². The molecule has 0 atom stereocenters. The molecule has 1 fully saturated rings. The van der Waals surface area contributed by atoms with Crippen LogP contribution in [0.3, 0.4) is 0 Å². The quantitative estimate of drug-likeness (QED) is 0.775. The fourth-order valence-electron chi connectivity index (χ4n) is 2.83. The number of likely N-dealkylation sites (tertiary alicyclic amines) is 1. The monoisotopic (exact) mass is 355 g/mol. The number of primary amides is 1. The number of benzene rings is 1. The summed E-state index contributed by atoms with van der Waals surface area (Å²) < 4.78 is 5.55. The van der Waals surface area contributed by atoms with E-state index in [0.717, 1.165) is 32.5 Å². The number of carbonyl (C=O) groups excluding carboxylic acids is 2. The summed E-state index contributed by atoms with van der Waals surface area (Å²) in [4.78, 5) is 25.2. The smallest absolute Gasteiger partial charge is 0.248 e. The lowest BCUT2D eigenvalue weighted by atomic mass is 9.97. The van der Waals surface area contributed by atoms with Gasteiger partial charge >= 0.3 is 0 Å². The van der Waals surface area contributed by atoms with Crippen LogP contribution in [-0.4, -0.2) is 50.0 Å². The molecule has 0 spiro atoms. The Morgan fingerprint density at radius 2 is 2.04 bits per heavy atom. The predicted molar refractivity (Wildman–Crippen MR) is 95.6 cm³/mol. The molecule has 1 aromatic rings. The minimum atomic E-state index is -0.490. The third-order valence-electron chi connectivity index (χ3n) is 4.16. The number of carbonyl (C=O) groups is 2. The minimum Gasteiger partial charge on any atom is -0.493 e. The number of amides is 2. The van der Waals surface area contributed by atoms with Gasteiger partial charge in [-0.2, -0.15) is 0 Å². The van der Waals surface area contributed by atoms with Gasteiger partial charge in [0.2, 0.25) is 11.8 Å². The number of halogens is 1. The van der Waals surface area contributed by atoms with Crippen LogP contribution in [-0.2, 0) is 4.79 Å². The molecule has 0 aromatic heterocycles. The van der Waals surface area contributed by atoms with E-state index in [0.29, 0.717) is 30.3 Å². The number of nitrogens with two attached hydrogens (primary N) is 1. The number of nitrogens with one attached hydrogen (secondary N) is 1. The second-order valence-corrected chi connectivity index (χ2v) is 5.87. The van der Waals surface area contributed by atoms with E-state index in [1.165, 1.54) is 0 Å². The zero-order valence-corrected chi connectivity index (χ0v) is 14.8. The van der Waals surface area contributed by atoms with Gasteiger partial charge in [-0.3, -0.25) is 9.59 Å². The third kappa shape index (κ3) is 6.02. The molecule has 1 saturated heterocycles. The van der Waals surface area contributed by atoms with Crippen molar-refractivity contribution < 1.29 is 14.3 Å². The molecular weight excluding hydrogens is 330 g/mol. The molecule has 2 rings (SSSR count). The average Bonchev–Trinajstić information content (AvgIpc) is 2.56. The van der Waals surface area contributed by atoms with Gasteiger partial charge in [0.05, 0.1) is 13.0 Å². The number of hydrogen-bond acceptors (Lipinski definition) is 4. The van der Waals surface area contributed by atoms with Crippen LogP contribution in [0.4, 0.5) is 0 Å². The van der Waals surface area contributed by atoms with Gasteiger partial charge in [0.1, 0.15) is 5.75 Å². The number of ether oxygens (including phenoxy) is 1. The topological polar surface area (TPSA) is 84.7 Å². The zero-order chi connectivity index (χ0) is 16.7. The van der Waals surface area contributed by atoms with Crippen LogP contribution < -0.4 is 15.8 Å². The molecule has 3 N–H and O–H groups in total. The summed E-state index contributed by atoms with van der Waals surface area (Å²) in [6.07, 6.45) is 2.44. The maximum atomic E-state index is 12.2. The van der Waals surface area contributed by atoms with Gasteiger partial charge in [0.15, 0.2) is 0 Å². The van der Waals surface area contributed by atoms with E-state index in [2.05, 4.69) is 5.32 Å². The highest BCUT2D eigenvalue weighted by molar-refractivity contribution is 5.93. The summed E-state index contributed by atoms with van der Waals surface area (Å²) in [5.74, 6) is 0.855. The van der Waals surface area contributed by atoms with Crippen molar-refractivity contribution >= 4 is 24.2 Å². The lowest BCUT2D eigenvalue weighted by Gasteiger charge is -2.32. The van der Waals surface area contributed by atoms with Crippen molar-refractivity contribution in [2.45, 2.75) is 19.3 Å². The Morgan fingerprint density at radius 3 is 2.67 bits per heavy atom. The Bertz CT molecular complexity index is 546. The van der Waals surface area contributed by atoms with E-state index >= 15 is 0 Å². The first-order valence-corrected chi connectivity index (χ1v) is 8.05. The minimum absolute atomic E-state index is 0. The van der Waals surface area contributed by atoms with Crippen molar-refractivity contribution in [1.29, 1.82) is 0 Å². The van der Waals surface area contributed by atoms with Crippen LogP contribution in [0.2, 0.25) is 0 Å². The first-order valence-electron chi connectivity index (χ1n) is 8.05. The largest absolute Gasteiger partial charge is 0.493 e. The SMILES string of the molecule is CNCC1CCN(C(=O)CCOc2cccc(C(N)=O)c2)CC1.Cl. The van der Waals surface area contributed by atoms with E-state index in [-0.39, 0.29) is 18.3 Å². The molecule has 0 unspecified atom stereocenters. The summed E-state index contributed by atoms with van der Waals surface area (Å²) in [6, 6.07) is 6.69.